The first-order valence-corrected chi connectivity index (χ1v) is 7.89. The van der Waals surface area contributed by atoms with Gasteiger partial charge in [-0.15, -0.1) is 12.4 Å². The number of nitrogens with one attached hydrogen (secondary N) is 1. The third kappa shape index (κ3) is 4.89. The minimum Gasteiger partial charge on any atom is -0.491 e. The van der Waals surface area contributed by atoms with E-state index in [0.717, 1.165) is 18.8 Å². The smallest absolute Gasteiger partial charge is 0.123 e. The average molecular weight is 312 g/mol. The molecule has 1 aliphatic heterocycles. The van der Waals surface area contributed by atoms with Crippen LogP contribution in [-0.2, 0) is 5.41 Å². The molecule has 1 fully saturated rings. The maximum Gasteiger partial charge on any atom is 0.123 e. The lowest BCUT2D eigenvalue weighted by molar-refractivity contribution is 0.237. The summed E-state index contributed by atoms with van der Waals surface area (Å²) >= 11 is 0. The lowest BCUT2D eigenvalue weighted by atomic mass is 9.82. The number of benzene rings is 1. The van der Waals surface area contributed by atoms with Crippen molar-refractivity contribution in [3.05, 3.63) is 29.3 Å². The molecule has 0 amide bonds. The summed E-state index contributed by atoms with van der Waals surface area (Å²) in [5, 5.41) is 3.45. The lowest BCUT2D eigenvalue weighted by Gasteiger charge is -2.28. The van der Waals surface area contributed by atoms with E-state index in [1.165, 1.54) is 24.0 Å². The first kappa shape index (κ1) is 18.3. The summed E-state index contributed by atoms with van der Waals surface area (Å²) < 4.78 is 6.05. The zero-order chi connectivity index (χ0) is 14.8. The van der Waals surface area contributed by atoms with E-state index in [1.54, 1.807) is 0 Å². The molecule has 1 aromatic rings. The highest BCUT2D eigenvalue weighted by molar-refractivity contribution is 5.85. The van der Waals surface area contributed by atoms with E-state index >= 15 is 0 Å². The molecule has 1 aromatic carbocycles. The third-order valence-corrected chi connectivity index (χ3v) is 4.02. The zero-order valence-electron chi connectivity index (χ0n) is 14.0. The van der Waals surface area contributed by atoms with Crippen molar-refractivity contribution in [3.8, 4) is 5.75 Å². The molecule has 3 heteroatoms. The maximum absolute atomic E-state index is 6.05. The molecule has 0 radical (unpaired) electrons. The van der Waals surface area contributed by atoms with Crippen LogP contribution in [0.2, 0.25) is 0 Å². The Kier molecular flexibility index (Phi) is 6.55. The quantitative estimate of drug-likeness (QED) is 0.876. The molecule has 2 nitrogen and oxygen atoms in total. The van der Waals surface area contributed by atoms with E-state index in [4.69, 9.17) is 4.74 Å². The second-order valence-electron chi connectivity index (χ2n) is 7.19. The van der Waals surface area contributed by atoms with Crippen LogP contribution in [0.3, 0.4) is 0 Å². The summed E-state index contributed by atoms with van der Waals surface area (Å²) in [5.74, 6) is 1.72. The van der Waals surface area contributed by atoms with Gasteiger partial charge in [-0.05, 0) is 68.3 Å². The standard InChI is InChI=1S/C18H29NO.ClH/c1-13(2)20-17-7-6-15(18(3,4)5)12-16(17)14-8-10-19-11-9-14;/h6-7,12-14,19H,8-11H2,1-5H3;1H. The molecule has 0 atom stereocenters. The van der Waals surface area contributed by atoms with Crippen molar-refractivity contribution in [1.29, 1.82) is 0 Å². The third-order valence-electron chi connectivity index (χ3n) is 4.02. The van der Waals surface area contributed by atoms with Gasteiger partial charge >= 0.3 is 0 Å². The summed E-state index contributed by atoms with van der Waals surface area (Å²) in [6, 6.07) is 6.79. The van der Waals surface area contributed by atoms with Crippen molar-refractivity contribution in [2.24, 2.45) is 0 Å². The summed E-state index contributed by atoms with van der Waals surface area (Å²) in [7, 11) is 0. The highest BCUT2D eigenvalue weighted by Gasteiger charge is 2.22. The second kappa shape index (κ2) is 7.51. The lowest BCUT2D eigenvalue weighted by Crippen LogP contribution is -2.27. The first-order valence-electron chi connectivity index (χ1n) is 7.89. The average Bonchev–Trinajstić information content (AvgIpc) is 2.38. The van der Waals surface area contributed by atoms with Crippen molar-refractivity contribution in [2.45, 2.75) is 64.9 Å². The molecule has 21 heavy (non-hydrogen) atoms. The Morgan fingerprint density at radius 2 is 1.76 bits per heavy atom. The van der Waals surface area contributed by atoms with Gasteiger partial charge in [-0.1, -0.05) is 32.9 Å². The number of hydrogen-bond acceptors (Lipinski definition) is 2. The van der Waals surface area contributed by atoms with Gasteiger partial charge in [0.2, 0.25) is 0 Å². The number of halogens is 1. The van der Waals surface area contributed by atoms with E-state index < -0.39 is 0 Å². The van der Waals surface area contributed by atoms with Crippen LogP contribution in [0.4, 0.5) is 0 Å². The highest BCUT2D eigenvalue weighted by Crippen LogP contribution is 2.36. The van der Waals surface area contributed by atoms with Crippen molar-refractivity contribution in [1.82, 2.24) is 5.32 Å². The Hall–Kier alpha value is -0.730. The molecule has 0 aliphatic carbocycles. The molecular formula is C18H30ClNO. The van der Waals surface area contributed by atoms with Crippen LogP contribution in [0.25, 0.3) is 0 Å². The predicted octanol–water partition coefficient (Wildman–Crippen LogP) is 4.66. The van der Waals surface area contributed by atoms with E-state index in [9.17, 15) is 0 Å². The Morgan fingerprint density at radius 3 is 2.29 bits per heavy atom. The van der Waals surface area contributed by atoms with Crippen LogP contribution in [0.5, 0.6) is 5.75 Å². The van der Waals surface area contributed by atoms with E-state index in [0.29, 0.717) is 5.92 Å². The van der Waals surface area contributed by atoms with Crippen LogP contribution in [0.1, 0.15) is 64.5 Å². The van der Waals surface area contributed by atoms with Crippen molar-refractivity contribution >= 4 is 12.4 Å². The largest absolute Gasteiger partial charge is 0.491 e. The Labute approximate surface area is 136 Å². The van der Waals surface area contributed by atoms with Gasteiger partial charge < -0.3 is 10.1 Å². The summed E-state index contributed by atoms with van der Waals surface area (Å²) in [4.78, 5) is 0. The first-order chi connectivity index (χ1) is 9.38. The van der Waals surface area contributed by atoms with E-state index in [2.05, 4.69) is 58.1 Å². The number of ether oxygens (including phenoxy) is 1. The fourth-order valence-electron chi connectivity index (χ4n) is 2.83. The van der Waals surface area contributed by atoms with Gasteiger partial charge in [0, 0.05) is 0 Å². The van der Waals surface area contributed by atoms with Gasteiger partial charge in [0.25, 0.3) is 0 Å². The predicted molar refractivity (Wildman–Crippen MR) is 93.0 cm³/mol. The molecule has 2 rings (SSSR count). The Morgan fingerprint density at radius 1 is 1.14 bits per heavy atom. The van der Waals surface area contributed by atoms with Gasteiger partial charge in [0.1, 0.15) is 5.75 Å². The van der Waals surface area contributed by atoms with Crippen LogP contribution >= 0.6 is 12.4 Å². The molecular weight excluding hydrogens is 282 g/mol. The van der Waals surface area contributed by atoms with Crippen LogP contribution < -0.4 is 10.1 Å². The monoisotopic (exact) mass is 311 g/mol. The molecule has 1 aliphatic rings. The maximum atomic E-state index is 6.05. The van der Waals surface area contributed by atoms with Crippen molar-refractivity contribution < 1.29 is 4.74 Å². The molecule has 120 valence electrons. The van der Waals surface area contributed by atoms with Crippen molar-refractivity contribution in [3.63, 3.8) is 0 Å². The summed E-state index contributed by atoms with van der Waals surface area (Å²) in [5.41, 5.74) is 3.01. The second-order valence-corrected chi connectivity index (χ2v) is 7.19. The Bertz CT molecular complexity index is 445. The van der Waals surface area contributed by atoms with Crippen LogP contribution in [-0.4, -0.2) is 19.2 Å². The van der Waals surface area contributed by atoms with Gasteiger partial charge in [-0.25, -0.2) is 0 Å². The minimum absolute atomic E-state index is 0. The molecule has 1 heterocycles. The van der Waals surface area contributed by atoms with Gasteiger partial charge in [-0.3, -0.25) is 0 Å². The van der Waals surface area contributed by atoms with Crippen LogP contribution in [0, 0.1) is 0 Å². The van der Waals surface area contributed by atoms with Gasteiger partial charge in [0.05, 0.1) is 6.10 Å². The Balaban J connectivity index is 0.00000220. The number of piperidine rings is 1. The SMILES string of the molecule is CC(C)Oc1ccc(C(C)(C)C)cc1C1CCNCC1.Cl. The molecule has 0 bridgehead atoms. The molecule has 1 N–H and O–H groups in total. The molecule has 0 aromatic heterocycles. The van der Waals surface area contributed by atoms with Crippen LogP contribution in [0.15, 0.2) is 18.2 Å². The number of rotatable bonds is 3. The van der Waals surface area contributed by atoms with E-state index in [-0.39, 0.29) is 23.9 Å². The fourth-order valence-corrected chi connectivity index (χ4v) is 2.83. The zero-order valence-corrected chi connectivity index (χ0v) is 14.8. The topological polar surface area (TPSA) is 21.3 Å². The minimum atomic E-state index is 0. The normalized spacial score (nSPS) is 16.7. The molecule has 0 spiro atoms. The van der Waals surface area contributed by atoms with Crippen molar-refractivity contribution in [2.75, 3.05) is 13.1 Å². The molecule has 0 saturated carbocycles. The van der Waals surface area contributed by atoms with Gasteiger partial charge in [-0.2, -0.15) is 0 Å². The fraction of sp³-hybridized carbons (Fsp3) is 0.667. The highest BCUT2D eigenvalue weighted by atomic mass is 35.5. The summed E-state index contributed by atoms with van der Waals surface area (Å²) in [6.45, 7) is 13.3. The van der Waals surface area contributed by atoms with Gasteiger partial charge in [0.15, 0.2) is 0 Å². The number of hydrogen-bond donors (Lipinski definition) is 1. The van der Waals surface area contributed by atoms with E-state index in [1.807, 2.05) is 0 Å². The molecule has 0 unspecified atom stereocenters. The molecule has 1 saturated heterocycles. The summed E-state index contributed by atoms with van der Waals surface area (Å²) in [6.07, 6.45) is 2.65.